The van der Waals surface area contributed by atoms with E-state index in [0.717, 1.165) is 12.1 Å². The highest BCUT2D eigenvalue weighted by atomic mass is 16.6. The third-order valence-electron chi connectivity index (χ3n) is 7.06. The van der Waals surface area contributed by atoms with Crippen molar-refractivity contribution in [3.05, 3.63) is 59.7 Å². The minimum Gasteiger partial charge on any atom is -0.444 e. The van der Waals surface area contributed by atoms with Crippen molar-refractivity contribution in [3.8, 4) is 0 Å². The van der Waals surface area contributed by atoms with Gasteiger partial charge >= 0.3 is 6.09 Å². The summed E-state index contributed by atoms with van der Waals surface area (Å²) in [6, 6.07) is 9.56. The Kier molecular flexibility index (Phi) is 6.40. The second kappa shape index (κ2) is 9.52. The molecule has 1 saturated carbocycles. The molecule has 0 spiro atoms. The maximum Gasteiger partial charge on any atom is 0.410 e. The number of carbonyl (C=O) groups is 3. The minimum absolute atomic E-state index is 0.0641. The van der Waals surface area contributed by atoms with Crippen LogP contribution in [0.4, 0.5) is 4.79 Å². The predicted octanol–water partition coefficient (Wildman–Crippen LogP) is 2.66. The third-order valence-corrected chi connectivity index (χ3v) is 7.06. The lowest BCUT2D eigenvalue weighted by Gasteiger charge is -2.36. The number of nitrogens with one attached hydrogen (secondary N) is 1. The highest BCUT2D eigenvalue weighted by Crippen LogP contribution is 2.41. The molecule has 0 radical (unpaired) electrons. The predicted molar refractivity (Wildman–Crippen MR) is 132 cm³/mol. The average molecular weight is 492 g/mol. The quantitative estimate of drug-likeness (QED) is 0.705. The summed E-state index contributed by atoms with van der Waals surface area (Å²) in [5.74, 6) is -0.380. The molecule has 0 bridgehead atoms. The van der Waals surface area contributed by atoms with Gasteiger partial charge < -0.3 is 19.9 Å². The standard InChI is InChI=1S/C27H33N5O4/c1-27(2,3)36-26(35)31-12-9-18(15-31)25(34)32-16-22-21(28-10-11-29-22)14-23(32)24(33)30-20-13-19(20)17-7-5-4-6-8-17/h4-8,10-11,18-20,23H,9,12-16H2,1-3H3,(H,30,33)/t18-,19-,20+,23-/m1/s1. The molecule has 1 aromatic heterocycles. The van der Waals surface area contributed by atoms with Crippen molar-refractivity contribution >= 4 is 17.9 Å². The van der Waals surface area contributed by atoms with Crippen LogP contribution in [0.25, 0.3) is 0 Å². The van der Waals surface area contributed by atoms with Crippen LogP contribution < -0.4 is 5.32 Å². The molecule has 9 heteroatoms. The van der Waals surface area contributed by atoms with E-state index in [0.29, 0.717) is 31.0 Å². The van der Waals surface area contributed by atoms with E-state index < -0.39 is 17.7 Å². The Morgan fingerprint density at radius 2 is 1.78 bits per heavy atom. The topological polar surface area (TPSA) is 105 Å². The zero-order chi connectivity index (χ0) is 25.4. The van der Waals surface area contributed by atoms with Gasteiger partial charge in [-0.25, -0.2) is 4.79 Å². The van der Waals surface area contributed by atoms with Crippen LogP contribution >= 0.6 is 0 Å². The molecule has 2 aliphatic heterocycles. The van der Waals surface area contributed by atoms with Crippen LogP contribution in [0.15, 0.2) is 42.7 Å². The van der Waals surface area contributed by atoms with Gasteiger partial charge in [0.15, 0.2) is 0 Å². The number of likely N-dealkylation sites (tertiary alicyclic amines) is 1. The largest absolute Gasteiger partial charge is 0.444 e. The van der Waals surface area contributed by atoms with Crippen molar-refractivity contribution in [1.82, 2.24) is 25.1 Å². The summed E-state index contributed by atoms with van der Waals surface area (Å²) in [5.41, 5.74) is 2.08. The first kappa shape index (κ1) is 24.2. The minimum atomic E-state index is -0.658. The molecule has 1 saturated heterocycles. The van der Waals surface area contributed by atoms with Gasteiger partial charge in [0.05, 0.1) is 23.9 Å². The van der Waals surface area contributed by atoms with Crippen molar-refractivity contribution in [2.75, 3.05) is 13.1 Å². The molecule has 0 unspecified atom stereocenters. The average Bonchev–Trinajstić information content (AvgIpc) is 3.43. The van der Waals surface area contributed by atoms with Crippen LogP contribution in [-0.2, 0) is 27.3 Å². The van der Waals surface area contributed by atoms with E-state index in [1.165, 1.54) is 5.56 Å². The molecule has 1 aromatic carbocycles. The number of amides is 3. The van der Waals surface area contributed by atoms with Gasteiger partial charge in [0.25, 0.3) is 0 Å². The normalized spacial score (nSPS) is 25.2. The van der Waals surface area contributed by atoms with E-state index in [-0.39, 0.29) is 36.9 Å². The molecule has 5 rings (SSSR count). The Morgan fingerprint density at radius 1 is 1.06 bits per heavy atom. The van der Waals surface area contributed by atoms with E-state index in [9.17, 15) is 14.4 Å². The van der Waals surface area contributed by atoms with Gasteiger partial charge in [-0.05, 0) is 39.2 Å². The molecule has 190 valence electrons. The zero-order valence-electron chi connectivity index (χ0n) is 21.0. The van der Waals surface area contributed by atoms with Gasteiger partial charge in [-0.15, -0.1) is 0 Å². The summed E-state index contributed by atoms with van der Waals surface area (Å²) in [6.07, 6.45) is 4.56. The Balaban J connectivity index is 1.28. The Morgan fingerprint density at radius 3 is 2.50 bits per heavy atom. The second-order valence-electron chi connectivity index (χ2n) is 10.9. The van der Waals surface area contributed by atoms with Crippen LogP contribution in [0, 0.1) is 5.92 Å². The number of carbonyl (C=O) groups excluding carboxylic acids is 3. The fourth-order valence-corrected chi connectivity index (χ4v) is 5.12. The van der Waals surface area contributed by atoms with Crippen LogP contribution in [-0.4, -0.2) is 68.4 Å². The number of hydrogen-bond acceptors (Lipinski definition) is 6. The summed E-state index contributed by atoms with van der Waals surface area (Å²) in [5, 5.41) is 3.17. The lowest BCUT2D eigenvalue weighted by Crippen LogP contribution is -2.55. The number of rotatable bonds is 4. The maximum atomic E-state index is 13.7. The highest BCUT2D eigenvalue weighted by molar-refractivity contribution is 5.90. The Bertz CT molecular complexity index is 1150. The zero-order valence-corrected chi connectivity index (χ0v) is 21.0. The van der Waals surface area contributed by atoms with E-state index in [1.807, 2.05) is 39.0 Å². The van der Waals surface area contributed by atoms with Crippen molar-refractivity contribution in [1.29, 1.82) is 0 Å². The van der Waals surface area contributed by atoms with E-state index in [4.69, 9.17) is 4.74 Å². The number of nitrogens with zero attached hydrogens (tertiary/aromatic N) is 4. The van der Waals surface area contributed by atoms with E-state index in [1.54, 1.807) is 22.2 Å². The number of aromatic nitrogens is 2. The lowest BCUT2D eigenvalue weighted by molar-refractivity contribution is -0.145. The molecule has 3 aliphatic rings. The number of fused-ring (bicyclic) bond motifs is 1. The molecule has 3 amide bonds. The number of benzene rings is 1. The fourth-order valence-electron chi connectivity index (χ4n) is 5.12. The van der Waals surface area contributed by atoms with Gasteiger partial charge in [0, 0.05) is 43.9 Å². The first-order valence-electron chi connectivity index (χ1n) is 12.6. The van der Waals surface area contributed by atoms with E-state index in [2.05, 4.69) is 27.4 Å². The van der Waals surface area contributed by atoms with Crippen molar-refractivity contribution in [2.45, 2.75) is 70.2 Å². The Hall–Kier alpha value is -3.49. The first-order chi connectivity index (χ1) is 17.2. The summed E-state index contributed by atoms with van der Waals surface area (Å²) in [4.78, 5) is 51.7. The van der Waals surface area contributed by atoms with E-state index >= 15 is 0 Å². The summed E-state index contributed by atoms with van der Waals surface area (Å²) >= 11 is 0. The van der Waals surface area contributed by atoms with Crippen LogP contribution in [0.5, 0.6) is 0 Å². The molecule has 4 atom stereocenters. The van der Waals surface area contributed by atoms with Crippen LogP contribution in [0.2, 0.25) is 0 Å². The van der Waals surface area contributed by atoms with Crippen molar-refractivity contribution in [3.63, 3.8) is 0 Å². The lowest BCUT2D eigenvalue weighted by atomic mass is 9.97. The second-order valence-corrected chi connectivity index (χ2v) is 10.9. The molecule has 1 N–H and O–H groups in total. The highest BCUT2D eigenvalue weighted by Gasteiger charge is 2.45. The molecular weight excluding hydrogens is 458 g/mol. The molecule has 3 heterocycles. The molecule has 2 fully saturated rings. The van der Waals surface area contributed by atoms with Crippen LogP contribution in [0.3, 0.4) is 0 Å². The van der Waals surface area contributed by atoms with Crippen molar-refractivity contribution < 1.29 is 19.1 Å². The van der Waals surface area contributed by atoms with Gasteiger partial charge in [0.2, 0.25) is 11.8 Å². The smallest absolute Gasteiger partial charge is 0.410 e. The van der Waals surface area contributed by atoms with Gasteiger partial charge in [-0.2, -0.15) is 0 Å². The molecule has 1 aliphatic carbocycles. The Labute approximate surface area is 211 Å². The summed E-state index contributed by atoms with van der Waals surface area (Å²) in [6.45, 7) is 6.43. The number of ether oxygens (including phenoxy) is 1. The van der Waals surface area contributed by atoms with Gasteiger partial charge in [0.1, 0.15) is 11.6 Å². The molecule has 2 aromatic rings. The molecule has 36 heavy (non-hydrogen) atoms. The first-order valence-corrected chi connectivity index (χ1v) is 12.6. The van der Waals surface area contributed by atoms with Gasteiger partial charge in [-0.3, -0.25) is 19.6 Å². The fraction of sp³-hybridized carbons (Fsp3) is 0.519. The number of hydrogen-bond donors (Lipinski definition) is 1. The van der Waals surface area contributed by atoms with Crippen molar-refractivity contribution in [2.24, 2.45) is 5.92 Å². The third kappa shape index (κ3) is 5.20. The SMILES string of the molecule is CC(C)(C)OC(=O)N1CC[C@@H](C(=O)N2Cc3nccnc3C[C@@H]2C(=O)N[C@H]2C[C@@H]2c2ccccc2)C1. The molecule has 9 nitrogen and oxygen atoms in total. The molecular formula is C27H33N5O4. The van der Waals surface area contributed by atoms with Crippen LogP contribution in [0.1, 0.15) is 56.5 Å². The maximum absolute atomic E-state index is 13.7. The summed E-state index contributed by atoms with van der Waals surface area (Å²) in [7, 11) is 0. The summed E-state index contributed by atoms with van der Waals surface area (Å²) < 4.78 is 5.48. The van der Waals surface area contributed by atoms with Gasteiger partial charge in [-0.1, -0.05) is 30.3 Å². The monoisotopic (exact) mass is 491 g/mol.